The average molecular weight is 1090 g/mol. The van der Waals surface area contributed by atoms with Gasteiger partial charge in [0.25, 0.3) is 6.29 Å². The van der Waals surface area contributed by atoms with E-state index < -0.39 is 24.3 Å². The van der Waals surface area contributed by atoms with Crippen LogP contribution < -0.4 is 0 Å². The van der Waals surface area contributed by atoms with Crippen molar-refractivity contribution in [3.05, 3.63) is 48.6 Å². The number of aliphatic carboxylic acids is 1. The number of quaternary nitrogens is 1. The third kappa shape index (κ3) is 60.7. The fraction of sp³-hybridized carbons (Fsp3) is 0.838. The van der Waals surface area contributed by atoms with Gasteiger partial charge in [-0.25, -0.2) is 4.79 Å². The fourth-order valence-corrected chi connectivity index (χ4v) is 9.49. The molecule has 0 rings (SSSR count). The van der Waals surface area contributed by atoms with Gasteiger partial charge in [0.1, 0.15) is 13.2 Å². The molecule has 9 nitrogen and oxygen atoms in total. The van der Waals surface area contributed by atoms with Crippen LogP contribution in [-0.4, -0.2) is 87.4 Å². The van der Waals surface area contributed by atoms with Gasteiger partial charge < -0.3 is 28.5 Å². The molecule has 0 amide bonds. The SMILES string of the molecule is CCCCCC/C=C\CCCCCCCC(=O)OCC(COC(OCC[N+](C)(C)C)C(=O)O)OC(=O)CCCCCCCCCCCCCCCCCCCCCCCCCC/C=C\C/C=C\C/C=C\CCCCCCC. The van der Waals surface area contributed by atoms with Crippen molar-refractivity contribution in [2.45, 2.75) is 322 Å². The summed E-state index contributed by atoms with van der Waals surface area (Å²) in [4.78, 5) is 37.4. The first kappa shape index (κ1) is 74.2. The lowest BCUT2D eigenvalue weighted by atomic mass is 10.0. The van der Waals surface area contributed by atoms with Crippen LogP contribution >= 0.6 is 0 Å². The summed E-state index contributed by atoms with van der Waals surface area (Å²) in [6.07, 6.45) is 72.4. The fourth-order valence-electron chi connectivity index (χ4n) is 9.49. The van der Waals surface area contributed by atoms with E-state index in [4.69, 9.17) is 18.9 Å². The summed E-state index contributed by atoms with van der Waals surface area (Å²) >= 11 is 0. The molecule has 0 radical (unpaired) electrons. The van der Waals surface area contributed by atoms with Gasteiger partial charge in [-0.15, -0.1) is 0 Å². The normalized spacial score (nSPS) is 13.0. The predicted octanol–water partition coefficient (Wildman–Crippen LogP) is 19.8. The van der Waals surface area contributed by atoms with Gasteiger partial charge in [0, 0.05) is 12.8 Å². The Kier molecular flexibility index (Phi) is 57.3. The molecule has 0 bridgehead atoms. The Morgan fingerprint density at radius 3 is 1.06 bits per heavy atom. The van der Waals surface area contributed by atoms with Gasteiger partial charge in [-0.2, -0.15) is 0 Å². The number of carbonyl (C=O) groups excluding carboxylic acids is 2. The number of rotatable bonds is 61. The zero-order chi connectivity index (χ0) is 56.2. The minimum atomic E-state index is -1.51. The molecule has 2 unspecified atom stereocenters. The second kappa shape index (κ2) is 59.4. The van der Waals surface area contributed by atoms with E-state index in [9.17, 15) is 19.5 Å². The van der Waals surface area contributed by atoms with Gasteiger partial charge in [-0.3, -0.25) is 9.59 Å². The number of carbonyl (C=O) groups is 3. The minimum absolute atomic E-state index is 0.183. The van der Waals surface area contributed by atoms with Crippen LogP contribution in [0.5, 0.6) is 0 Å². The highest BCUT2D eigenvalue weighted by atomic mass is 16.7. The Bertz CT molecular complexity index is 1400. The van der Waals surface area contributed by atoms with Crippen molar-refractivity contribution in [3.63, 3.8) is 0 Å². The Hall–Kier alpha value is -2.75. The summed E-state index contributed by atoms with van der Waals surface area (Å²) in [5.41, 5.74) is 0. The lowest BCUT2D eigenvalue weighted by Crippen LogP contribution is -2.40. The van der Waals surface area contributed by atoms with Crippen LogP contribution in [0.15, 0.2) is 48.6 Å². The summed E-state index contributed by atoms with van der Waals surface area (Å²) < 4.78 is 22.9. The van der Waals surface area contributed by atoms with E-state index in [1.54, 1.807) is 0 Å². The quantitative estimate of drug-likeness (QED) is 0.0211. The van der Waals surface area contributed by atoms with Crippen molar-refractivity contribution in [3.8, 4) is 0 Å². The Morgan fingerprint density at radius 1 is 0.390 bits per heavy atom. The molecule has 77 heavy (non-hydrogen) atoms. The molecule has 9 heteroatoms. The van der Waals surface area contributed by atoms with E-state index in [0.29, 0.717) is 17.4 Å². The molecule has 0 spiro atoms. The molecular weight excluding hydrogens is 959 g/mol. The second-order valence-corrected chi connectivity index (χ2v) is 23.4. The average Bonchev–Trinajstić information content (AvgIpc) is 3.40. The molecule has 0 heterocycles. The summed E-state index contributed by atoms with van der Waals surface area (Å²) in [5, 5.41) is 9.70. The Balaban J connectivity index is 3.94. The number of carboxylic acid groups (broad SMARTS) is 1. The minimum Gasteiger partial charge on any atom is -0.477 e. The molecule has 2 atom stereocenters. The highest BCUT2D eigenvalue weighted by molar-refractivity contribution is 5.71. The predicted molar refractivity (Wildman–Crippen MR) is 327 cm³/mol. The molecule has 1 N–H and O–H groups in total. The van der Waals surface area contributed by atoms with E-state index in [1.165, 1.54) is 212 Å². The van der Waals surface area contributed by atoms with Crippen LogP contribution in [0.3, 0.4) is 0 Å². The van der Waals surface area contributed by atoms with E-state index in [0.717, 1.165) is 70.6 Å². The van der Waals surface area contributed by atoms with Crippen LogP contribution in [0, 0.1) is 0 Å². The number of unbranched alkanes of at least 4 members (excludes halogenated alkanes) is 38. The monoisotopic (exact) mass is 1080 g/mol. The number of likely N-dealkylation sites (N-methyl/N-ethyl adjacent to an activating group) is 1. The summed E-state index contributed by atoms with van der Waals surface area (Å²) in [6, 6.07) is 0. The van der Waals surface area contributed by atoms with E-state index in [-0.39, 0.29) is 32.2 Å². The van der Waals surface area contributed by atoms with Crippen molar-refractivity contribution in [2.75, 3.05) is 47.5 Å². The van der Waals surface area contributed by atoms with Crippen LogP contribution in [0.25, 0.3) is 0 Å². The molecule has 0 aromatic carbocycles. The van der Waals surface area contributed by atoms with Gasteiger partial charge >= 0.3 is 17.9 Å². The summed E-state index contributed by atoms with van der Waals surface area (Å²) in [7, 11) is 5.97. The number of hydrogen-bond acceptors (Lipinski definition) is 7. The maximum Gasteiger partial charge on any atom is 0.361 e. The second-order valence-electron chi connectivity index (χ2n) is 23.4. The number of esters is 2. The molecule has 0 aromatic rings. The number of nitrogens with zero attached hydrogens (tertiary/aromatic N) is 1. The van der Waals surface area contributed by atoms with Crippen LogP contribution in [0.1, 0.15) is 309 Å². The van der Waals surface area contributed by atoms with Crippen LogP contribution in [0.4, 0.5) is 0 Å². The zero-order valence-corrected chi connectivity index (χ0v) is 51.4. The highest BCUT2D eigenvalue weighted by Crippen LogP contribution is 2.18. The van der Waals surface area contributed by atoms with Crippen molar-refractivity contribution >= 4 is 17.9 Å². The molecule has 0 saturated heterocycles. The van der Waals surface area contributed by atoms with Gasteiger partial charge in [0.05, 0.1) is 34.4 Å². The van der Waals surface area contributed by atoms with Crippen molar-refractivity contribution in [1.82, 2.24) is 0 Å². The van der Waals surface area contributed by atoms with Gasteiger partial charge in [0.15, 0.2) is 6.10 Å². The number of allylic oxidation sites excluding steroid dienone is 8. The molecule has 0 aliphatic carbocycles. The summed E-state index contributed by atoms with van der Waals surface area (Å²) in [5.74, 6) is -2.00. The largest absolute Gasteiger partial charge is 0.477 e. The van der Waals surface area contributed by atoms with Crippen molar-refractivity contribution < 1.29 is 42.9 Å². The molecule has 0 saturated carbocycles. The number of carboxylic acids is 1. The first-order valence-corrected chi connectivity index (χ1v) is 32.8. The highest BCUT2D eigenvalue weighted by Gasteiger charge is 2.25. The Labute approximate surface area is 476 Å². The first-order chi connectivity index (χ1) is 37.6. The van der Waals surface area contributed by atoms with E-state index in [1.807, 2.05) is 21.1 Å². The molecule has 0 aliphatic heterocycles. The van der Waals surface area contributed by atoms with Crippen molar-refractivity contribution in [1.29, 1.82) is 0 Å². The molecule has 0 aromatic heterocycles. The first-order valence-electron chi connectivity index (χ1n) is 32.8. The Morgan fingerprint density at radius 2 is 0.701 bits per heavy atom. The smallest absolute Gasteiger partial charge is 0.361 e. The van der Waals surface area contributed by atoms with Crippen LogP contribution in [-0.2, 0) is 33.3 Å². The van der Waals surface area contributed by atoms with Gasteiger partial charge in [0.2, 0.25) is 0 Å². The lowest BCUT2D eigenvalue weighted by molar-refractivity contribution is -0.870. The zero-order valence-electron chi connectivity index (χ0n) is 51.4. The maximum atomic E-state index is 12.9. The summed E-state index contributed by atoms with van der Waals surface area (Å²) in [6.45, 7) is 4.87. The van der Waals surface area contributed by atoms with Crippen molar-refractivity contribution in [2.24, 2.45) is 0 Å². The molecule has 450 valence electrons. The van der Waals surface area contributed by atoms with Gasteiger partial charge in [-0.1, -0.05) is 268 Å². The van der Waals surface area contributed by atoms with E-state index >= 15 is 0 Å². The number of ether oxygens (including phenoxy) is 4. The lowest BCUT2D eigenvalue weighted by Gasteiger charge is -2.25. The topological polar surface area (TPSA) is 108 Å². The third-order valence-electron chi connectivity index (χ3n) is 14.6. The molecule has 0 aliphatic rings. The third-order valence-corrected chi connectivity index (χ3v) is 14.6. The molecule has 0 fully saturated rings. The van der Waals surface area contributed by atoms with Crippen LogP contribution in [0.2, 0.25) is 0 Å². The number of hydrogen-bond donors (Lipinski definition) is 1. The maximum absolute atomic E-state index is 12.9. The van der Waals surface area contributed by atoms with Gasteiger partial charge in [-0.05, 0) is 77.0 Å². The standard InChI is InChI=1S/C68H125NO8/c1-6-8-10-12-14-16-18-20-21-22-23-24-25-26-27-28-29-30-31-32-33-34-35-36-37-38-39-40-41-42-43-44-45-47-49-51-53-55-57-59-66(71)77-64(63-76-68(67(72)73)74-61-60-69(3,4)5)62-75-65(70)58-56-54-52-50-48-46-19-17-15-13-11-9-7-2/h17-20,22-23,25-26,64,68H,6-16,21,24,27-63H2,1-5H3/p+1/b19-17-,20-18-,23-22-,26-25-. The molecular formula is C68H126NO8+. The van der Waals surface area contributed by atoms with E-state index in [2.05, 4.69) is 62.5 Å².